The number of hydrogen-bond donors (Lipinski definition) is 5. The number of fused-ring (bicyclic) bond motifs is 6. The summed E-state index contributed by atoms with van der Waals surface area (Å²) in [5.41, 5.74) is -3.26. The first-order valence-electron chi connectivity index (χ1n) is 12.2. The molecule has 0 spiro atoms. The Bertz CT molecular complexity index is 1520. The van der Waals surface area contributed by atoms with Crippen LogP contribution in [-0.4, -0.2) is 90.7 Å². The van der Waals surface area contributed by atoms with E-state index in [0.29, 0.717) is 0 Å². The Balaban J connectivity index is 1.51. The van der Waals surface area contributed by atoms with Crippen molar-refractivity contribution in [1.29, 1.82) is 0 Å². The van der Waals surface area contributed by atoms with E-state index >= 15 is 0 Å². The minimum atomic E-state index is -5.04. The van der Waals surface area contributed by atoms with Gasteiger partial charge in [-0.1, -0.05) is 0 Å². The first-order valence-corrected chi connectivity index (χ1v) is 13.7. The molecule has 5 rings (SSSR count). The highest BCUT2D eigenvalue weighted by Crippen LogP contribution is 2.49. The number of aliphatic hydroxyl groups is 2. The molecule has 220 valence electrons. The molecule has 0 radical (unpaired) electrons. The molecule has 0 amide bonds. The van der Waals surface area contributed by atoms with Crippen molar-refractivity contribution in [3.8, 4) is 0 Å². The lowest BCUT2D eigenvalue weighted by Gasteiger charge is -2.27. The van der Waals surface area contributed by atoms with Gasteiger partial charge in [0.15, 0.2) is 18.6 Å². The number of phosphoric ester groups is 1. The van der Waals surface area contributed by atoms with Crippen LogP contribution in [0.25, 0.3) is 0 Å². The van der Waals surface area contributed by atoms with Gasteiger partial charge in [-0.3, -0.25) is 37.7 Å². The van der Waals surface area contributed by atoms with Crippen molar-refractivity contribution in [1.82, 2.24) is 19.1 Å². The number of alkyl halides is 1. The molecular formula is C21H26FN4O13P. The monoisotopic (exact) mass is 592 g/mol. The van der Waals surface area contributed by atoms with Crippen LogP contribution in [0.3, 0.4) is 0 Å². The van der Waals surface area contributed by atoms with E-state index in [2.05, 4.69) is 4.98 Å². The lowest BCUT2D eigenvalue weighted by Crippen LogP contribution is -2.40. The summed E-state index contributed by atoms with van der Waals surface area (Å²) in [6.07, 6.45) is -10.4. The lowest BCUT2D eigenvalue weighted by molar-refractivity contribution is -0.0756. The van der Waals surface area contributed by atoms with Gasteiger partial charge in [-0.2, -0.15) is 0 Å². The van der Waals surface area contributed by atoms with Gasteiger partial charge in [0.1, 0.15) is 30.5 Å². The number of phosphoric acid groups is 1. The standard InChI is InChI=1S/C21H26FN4O13P/c22-13-14(29)11-8-36-40(33,34)39-15-10(7-27)37-19(25-4-3-12(28)23-20(25)31)16(15)35-5-1-2-9-6-26(18(13)38-11)21(32)24-17(9)30/h3-4,6,10-11,13-16,18-19,27,29H,1-2,5,7-8H2,(H,33,34)(H,23,28,31)(H,24,30,32)/t10-,11-,13-,14-,15-,16-,18-,19-/m1/s1. The molecule has 0 aromatic carbocycles. The van der Waals surface area contributed by atoms with Crippen molar-refractivity contribution in [2.24, 2.45) is 0 Å². The van der Waals surface area contributed by atoms with Crippen LogP contribution >= 0.6 is 7.82 Å². The number of aromatic nitrogens is 4. The molecule has 2 aromatic heterocycles. The highest BCUT2D eigenvalue weighted by atomic mass is 31.2. The minimum absolute atomic E-state index is 0.0126. The van der Waals surface area contributed by atoms with Gasteiger partial charge in [0.05, 0.1) is 13.2 Å². The fourth-order valence-corrected chi connectivity index (χ4v) is 5.76. The third kappa shape index (κ3) is 5.54. The number of nitrogens with zero attached hydrogens (tertiary/aromatic N) is 2. The quantitative estimate of drug-likeness (QED) is 0.226. The number of aromatic amines is 2. The molecule has 9 atom stereocenters. The molecule has 3 aliphatic heterocycles. The molecule has 0 aliphatic carbocycles. The summed E-state index contributed by atoms with van der Waals surface area (Å²) in [5.74, 6) is 0. The lowest BCUT2D eigenvalue weighted by atomic mass is 10.1. The van der Waals surface area contributed by atoms with Crippen LogP contribution in [0.2, 0.25) is 0 Å². The molecule has 2 aromatic rings. The van der Waals surface area contributed by atoms with Gasteiger partial charge in [-0.05, 0) is 12.8 Å². The van der Waals surface area contributed by atoms with E-state index in [1.165, 1.54) is 0 Å². The second-order valence-corrected chi connectivity index (χ2v) is 10.8. The third-order valence-corrected chi connectivity index (χ3v) is 7.74. The Morgan fingerprint density at radius 1 is 1.07 bits per heavy atom. The second kappa shape index (κ2) is 11.2. The zero-order valence-corrected chi connectivity index (χ0v) is 21.4. The summed E-state index contributed by atoms with van der Waals surface area (Å²) in [5, 5.41) is 20.2. The van der Waals surface area contributed by atoms with Crippen LogP contribution in [0.1, 0.15) is 24.4 Å². The number of aryl methyl sites for hydroxylation is 1. The van der Waals surface area contributed by atoms with Crippen LogP contribution < -0.4 is 22.5 Å². The van der Waals surface area contributed by atoms with Crippen molar-refractivity contribution >= 4 is 7.82 Å². The Kier molecular flexibility index (Phi) is 8.06. The summed E-state index contributed by atoms with van der Waals surface area (Å²) in [6, 6.07) is 1.03. The topological polar surface area (TPSA) is 234 Å². The van der Waals surface area contributed by atoms with Gasteiger partial charge in [0.25, 0.3) is 11.1 Å². The second-order valence-electron chi connectivity index (χ2n) is 9.36. The molecule has 4 bridgehead atoms. The zero-order valence-electron chi connectivity index (χ0n) is 20.5. The smallest absolute Gasteiger partial charge is 0.394 e. The molecule has 2 fully saturated rings. The van der Waals surface area contributed by atoms with Gasteiger partial charge >= 0.3 is 19.2 Å². The average Bonchev–Trinajstić information content (AvgIpc) is 3.37. The maximum absolute atomic E-state index is 14.9. The number of hydrogen-bond acceptors (Lipinski definition) is 12. The Morgan fingerprint density at radius 2 is 1.82 bits per heavy atom. The van der Waals surface area contributed by atoms with E-state index in [1.807, 2.05) is 4.98 Å². The Morgan fingerprint density at radius 3 is 2.55 bits per heavy atom. The summed E-state index contributed by atoms with van der Waals surface area (Å²) in [6.45, 7) is -1.75. The van der Waals surface area contributed by atoms with E-state index in [4.69, 9.17) is 23.3 Å². The molecule has 0 saturated carbocycles. The summed E-state index contributed by atoms with van der Waals surface area (Å²) in [7, 11) is -5.04. The van der Waals surface area contributed by atoms with E-state index < -0.39 is 92.7 Å². The predicted molar refractivity (Wildman–Crippen MR) is 127 cm³/mol. The number of ether oxygens (including phenoxy) is 3. The SMILES string of the molecule is O=c1ccn([C@@H]2O[C@H](CO)[C@H]3OP(=O)(O)OC[C@H]4O[C@H]([C@H](F)[C@@H]4O)n4cc(c(=O)[nH]c4=O)CCCO[C@H]32)c(=O)[nH]1. The fraction of sp³-hybridized carbons (Fsp3) is 0.619. The first-order chi connectivity index (χ1) is 19.0. The molecule has 1 unspecified atom stereocenters. The van der Waals surface area contributed by atoms with E-state index in [1.54, 1.807) is 0 Å². The van der Waals surface area contributed by atoms with E-state index in [0.717, 1.165) is 27.6 Å². The molecule has 3 aliphatic rings. The molecule has 40 heavy (non-hydrogen) atoms. The third-order valence-electron chi connectivity index (χ3n) is 6.76. The van der Waals surface area contributed by atoms with Crippen LogP contribution in [0.5, 0.6) is 0 Å². The largest absolute Gasteiger partial charge is 0.472 e. The summed E-state index contributed by atoms with van der Waals surface area (Å²) >= 11 is 0. The Hall–Kier alpha value is -2.80. The fourth-order valence-electron chi connectivity index (χ4n) is 4.80. The van der Waals surface area contributed by atoms with Crippen LogP contribution in [0, 0.1) is 0 Å². The average molecular weight is 592 g/mol. The van der Waals surface area contributed by atoms with E-state index in [9.17, 15) is 43.2 Å². The zero-order chi connectivity index (χ0) is 28.8. The number of halogens is 1. The van der Waals surface area contributed by atoms with Gasteiger partial charge in [-0.25, -0.2) is 18.5 Å². The molecule has 2 saturated heterocycles. The van der Waals surface area contributed by atoms with Gasteiger partial charge in [-0.15, -0.1) is 0 Å². The number of H-pyrrole nitrogens is 2. The number of aliphatic hydroxyl groups excluding tert-OH is 2. The molecule has 5 heterocycles. The Labute approximate surface area is 222 Å². The normalized spacial score (nSPS) is 36.8. The van der Waals surface area contributed by atoms with Crippen molar-refractivity contribution in [3.63, 3.8) is 0 Å². The van der Waals surface area contributed by atoms with Gasteiger partial charge in [0, 0.05) is 30.6 Å². The van der Waals surface area contributed by atoms with Crippen molar-refractivity contribution < 1.29 is 47.3 Å². The van der Waals surface area contributed by atoms with Crippen LogP contribution in [0.15, 0.2) is 37.6 Å². The maximum atomic E-state index is 14.9. The van der Waals surface area contributed by atoms with Crippen LogP contribution in [0.4, 0.5) is 4.39 Å². The first kappa shape index (κ1) is 28.7. The molecule has 5 N–H and O–H groups in total. The van der Waals surface area contributed by atoms with Crippen molar-refractivity contribution in [2.75, 3.05) is 19.8 Å². The van der Waals surface area contributed by atoms with Gasteiger partial charge < -0.3 is 29.3 Å². The molecular weight excluding hydrogens is 566 g/mol. The maximum Gasteiger partial charge on any atom is 0.472 e. The summed E-state index contributed by atoms with van der Waals surface area (Å²) in [4.78, 5) is 63.3. The number of rotatable bonds is 2. The highest BCUT2D eigenvalue weighted by Gasteiger charge is 2.51. The minimum Gasteiger partial charge on any atom is -0.394 e. The molecule has 19 heteroatoms. The van der Waals surface area contributed by atoms with Crippen molar-refractivity contribution in [3.05, 3.63) is 65.7 Å². The van der Waals surface area contributed by atoms with Gasteiger partial charge in [0.2, 0.25) is 0 Å². The number of nitrogens with one attached hydrogen (secondary N) is 2. The highest BCUT2D eigenvalue weighted by molar-refractivity contribution is 7.47. The summed E-state index contributed by atoms with van der Waals surface area (Å²) < 4.78 is 56.7. The van der Waals surface area contributed by atoms with E-state index in [-0.39, 0.29) is 25.0 Å². The molecule has 17 nitrogen and oxygen atoms in total. The van der Waals surface area contributed by atoms with Crippen molar-refractivity contribution in [2.45, 2.75) is 62.0 Å². The van der Waals surface area contributed by atoms with Crippen LogP contribution in [-0.2, 0) is 34.2 Å². The predicted octanol–water partition coefficient (Wildman–Crippen LogP) is -2.59.